The van der Waals surface area contributed by atoms with E-state index in [1.54, 1.807) is 13.2 Å². The molecule has 0 aliphatic rings. The summed E-state index contributed by atoms with van der Waals surface area (Å²) in [6.07, 6.45) is 0. The van der Waals surface area contributed by atoms with Crippen molar-refractivity contribution in [3.63, 3.8) is 0 Å². The molecule has 0 heterocycles. The number of methoxy groups -OCH3 is 1. The first-order valence-electron chi connectivity index (χ1n) is 6.66. The van der Waals surface area contributed by atoms with Crippen LogP contribution in [0.15, 0.2) is 18.2 Å². The molecule has 1 rings (SSSR count). The predicted molar refractivity (Wildman–Crippen MR) is 78.8 cm³/mol. The molecular weight excluding hydrogens is 238 g/mol. The zero-order valence-electron chi connectivity index (χ0n) is 12.8. The Morgan fingerprint density at radius 3 is 2.26 bits per heavy atom. The standard InChI is InChI=1S/C16H25NO2/c1-10(2)14(17)15(18)11-7-8-13(19-6)12(9-11)16(3,4)5/h7-10,14H,17H2,1-6H3. The number of rotatable bonds is 4. The molecule has 1 aromatic carbocycles. The number of carbonyl (C=O) groups excluding carboxylic acids is 1. The van der Waals surface area contributed by atoms with Crippen LogP contribution in [0.5, 0.6) is 5.75 Å². The van der Waals surface area contributed by atoms with Crippen LogP contribution in [0.2, 0.25) is 0 Å². The summed E-state index contributed by atoms with van der Waals surface area (Å²) in [6, 6.07) is 5.09. The van der Waals surface area contributed by atoms with Gasteiger partial charge >= 0.3 is 0 Å². The van der Waals surface area contributed by atoms with E-state index in [9.17, 15) is 4.79 Å². The van der Waals surface area contributed by atoms with E-state index in [1.807, 2.05) is 26.0 Å². The lowest BCUT2D eigenvalue weighted by Crippen LogP contribution is -2.35. The van der Waals surface area contributed by atoms with E-state index in [0.29, 0.717) is 5.56 Å². The van der Waals surface area contributed by atoms with Crippen molar-refractivity contribution in [2.45, 2.75) is 46.1 Å². The lowest BCUT2D eigenvalue weighted by atomic mass is 9.84. The number of carbonyl (C=O) groups is 1. The number of Topliss-reactive ketones (excluding diaryl/α,β-unsaturated/α-hetero) is 1. The summed E-state index contributed by atoms with van der Waals surface area (Å²) in [5.74, 6) is 0.929. The Labute approximate surface area is 116 Å². The van der Waals surface area contributed by atoms with Crippen LogP contribution in [0.4, 0.5) is 0 Å². The Kier molecular flexibility index (Phi) is 4.75. The zero-order valence-corrected chi connectivity index (χ0v) is 12.8. The molecule has 1 unspecified atom stereocenters. The van der Waals surface area contributed by atoms with Crippen molar-refractivity contribution in [3.8, 4) is 5.75 Å². The molecule has 0 spiro atoms. The Hall–Kier alpha value is -1.35. The van der Waals surface area contributed by atoms with E-state index in [2.05, 4.69) is 20.8 Å². The second kappa shape index (κ2) is 5.74. The van der Waals surface area contributed by atoms with E-state index < -0.39 is 6.04 Å². The normalized spacial score (nSPS) is 13.5. The lowest BCUT2D eigenvalue weighted by Gasteiger charge is -2.23. The summed E-state index contributed by atoms with van der Waals surface area (Å²) in [6.45, 7) is 10.2. The number of ketones is 1. The van der Waals surface area contributed by atoms with Gasteiger partial charge in [0.25, 0.3) is 0 Å². The second-order valence-corrected chi connectivity index (χ2v) is 6.30. The van der Waals surface area contributed by atoms with Gasteiger partial charge in [-0.05, 0) is 29.5 Å². The number of benzene rings is 1. The van der Waals surface area contributed by atoms with Crippen LogP contribution in [0, 0.1) is 5.92 Å². The van der Waals surface area contributed by atoms with Gasteiger partial charge in [0.1, 0.15) is 5.75 Å². The van der Waals surface area contributed by atoms with Crippen molar-refractivity contribution >= 4 is 5.78 Å². The Morgan fingerprint density at radius 1 is 1.26 bits per heavy atom. The fraction of sp³-hybridized carbons (Fsp3) is 0.562. The SMILES string of the molecule is COc1ccc(C(=O)C(N)C(C)C)cc1C(C)(C)C. The van der Waals surface area contributed by atoms with E-state index >= 15 is 0 Å². The van der Waals surface area contributed by atoms with Crippen molar-refractivity contribution in [2.24, 2.45) is 11.7 Å². The van der Waals surface area contributed by atoms with Crippen molar-refractivity contribution in [1.29, 1.82) is 0 Å². The van der Waals surface area contributed by atoms with Crippen LogP contribution in [-0.4, -0.2) is 18.9 Å². The van der Waals surface area contributed by atoms with Crippen molar-refractivity contribution in [3.05, 3.63) is 29.3 Å². The summed E-state index contributed by atoms with van der Waals surface area (Å²) in [4.78, 5) is 12.3. The molecule has 19 heavy (non-hydrogen) atoms. The molecule has 106 valence electrons. The second-order valence-electron chi connectivity index (χ2n) is 6.30. The van der Waals surface area contributed by atoms with Crippen LogP contribution >= 0.6 is 0 Å². The highest BCUT2D eigenvalue weighted by atomic mass is 16.5. The van der Waals surface area contributed by atoms with Gasteiger partial charge in [0.15, 0.2) is 5.78 Å². The van der Waals surface area contributed by atoms with Crippen LogP contribution in [0.1, 0.15) is 50.5 Å². The number of hydrogen-bond donors (Lipinski definition) is 1. The third-order valence-corrected chi connectivity index (χ3v) is 3.31. The molecule has 0 radical (unpaired) electrons. The molecule has 1 aromatic rings. The predicted octanol–water partition coefficient (Wildman–Crippen LogP) is 3.16. The van der Waals surface area contributed by atoms with Gasteiger partial charge < -0.3 is 10.5 Å². The molecule has 0 amide bonds. The number of hydrogen-bond acceptors (Lipinski definition) is 3. The molecule has 1 atom stereocenters. The molecule has 0 bridgehead atoms. The van der Waals surface area contributed by atoms with Crippen molar-refractivity contribution < 1.29 is 9.53 Å². The van der Waals surface area contributed by atoms with Crippen molar-refractivity contribution in [1.82, 2.24) is 0 Å². The Morgan fingerprint density at radius 2 is 1.84 bits per heavy atom. The smallest absolute Gasteiger partial charge is 0.179 e. The van der Waals surface area contributed by atoms with Crippen LogP contribution in [0.25, 0.3) is 0 Å². The van der Waals surface area contributed by atoms with Gasteiger partial charge in [-0.2, -0.15) is 0 Å². The molecule has 2 N–H and O–H groups in total. The van der Waals surface area contributed by atoms with E-state index in [0.717, 1.165) is 11.3 Å². The minimum Gasteiger partial charge on any atom is -0.496 e. The van der Waals surface area contributed by atoms with E-state index in [-0.39, 0.29) is 17.1 Å². The molecular formula is C16H25NO2. The first-order valence-corrected chi connectivity index (χ1v) is 6.66. The average Bonchev–Trinajstić information content (AvgIpc) is 2.35. The monoisotopic (exact) mass is 263 g/mol. The zero-order chi connectivity index (χ0) is 14.8. The molecule has 0 saturated carbocycles. The maximum Gasteiger partial charge on any atom is 0.179 e. The Bertz CT molecular complexity index is 458. The van der Waals surface area contributed by atoms with E-state index in [1.165, 1.54) is 0 Å². The first-order chi connectivity index (χ1) is 8.68. The number of nitrogens with two attached hydrogens (primary N) is 1. The lowest BCUT2D eigenvalue weighted by molar-refractivity contribution is 0.0940. The summed E-state index contributed by atoms with van der Waals surface area (Å²) >= 11 is 0. The molecule has 3 nitrogen and oxygen atoms in total. The third kappa shape index (κ3) is 3.57. The van der Waals surface area contributed by atoms with Gasteiger partial charge in [0.2, 0.25) is 0 Å². The fourth-order valence-corrected chi connectivity index (χ4v) is 1.94. The summed E-state index contributed by atoms with van der Waals surface area (Å²) in [5, 5.41) is 0. The van der Waals surface area contributed by atoms with Crippen molar-refractivity contribution in [2.75, 3.05) is 7.11 Å². The highest BCUT2D eigenvalue weighted by Gasteiger charge is 2.24. The fourth-order valence-electron chi connectivity index (χ4n) is 1.94. The first kappa shape index (κ1) is 15.7. The van der Waals surface area contributed by atoms with Crippen LogP contribution in [-0.2, 0) is 5.41 Å². The molecule has 0 fully saturated rings. The van der Waals surface area contributed by atoms with Gasteiger partial charge in [-0.1, -0.05) is 34.6 Å². The number of ether oxygens (including phenoxy) is 1. The van der Waals surface area contributed by atoms with Gasteiger partial charge in [-0.25, -0.2) is 0 Å². The topological polar surface area (TPSA) is 52.3 Å². The highest BCUT2D eigenvalue weighted by Crippen LogP contribution is 2.32. The van der Waals surface area contributed by atoms with Crippen LogP contribution in [0.3, 0.4) is 0 Å². The molecule has 0 saturated heterocycles. The van der Waals surface area contributed by atoms with E-state index in [4.69, 9.17) is 10.5 Å². The molecule has 0 aliphatic carbocycles. The summed E-state index contributed by atoms with van der Waals surface area (Å²) in [5.41, 5.74) is 7.55. The minimum absolute atomic E-state index is 0.0110. The summed E-state index contributed by atoms with van der Waals surface area (Å²) < 4.78 is 5.37. The van der Waals surface area contributed by atoms with Gasteiger partial charge in [-0.3, -0.25) is 4.79 Å². The Balaban J connectivity index is 3.23. The third-order valence-electron chi connectivity index (χ3n) is 3.31. The minimum atomic E-state index is -0.457. The molecule has 3 heteroatoms. The van der Waals surface area contributed by atoms with Gasteiger partial charge in [-0.15, -0.1) is 0 Å². The maximum absolute atomic E-state index is 12.3. The molecule has 0 aromatic heterocycles. The van der Waals surface area contributed by atoms with Crippen LogP contribution < -0.4 is 10.5 Å². The van der Waals surface area contributed by atoms with Gasteiger partial charge in [0.05, 0.1) is 13.2 Å². The molecule has 0 aliphatic heterocycles. The largest absolute Gasteiger partial charge is 0.496 e. The quantitative estimate of drug-likeness (QED) is 0.849. The highest BCUT2D eigenvalue weighted by molar-refractivity contribution is 6.00. The van der Waals surface area contributed by atoms with Gasteiger partial charge in [0, 0.05) is 11.1 Å². The summed E-state index contributed by atoms with van der Waals surface area (Å²) in [7, 11) is 1.64. The maximum atomic E-state index is 12.3. The average molecular weight is 263 g/mol.